The molecule has 3 aromatic rings. The molecule has 0 radical (unpaired) electrons. The molecule has 1 aromatic carbocycles. The Morgan fingerprint density at radius 1 is 1.24 bits per heavy atom. The normalized spacial score (nSPS) is 17.5. The van der Waals surface area contributed by atoms with Crippen molar-refractivity contribution in [3.63, 3.8) is 0 Å². The summed E-state index contributed by atoms with van der Waals surface area (Å²) >= 11 is 0. The minimum atomic E-state index is -0.194. The molecule has 0 spiro atoms. The van der Waals surface area contributed by atoms with Gasteiger partial charge in [-0.05, 0) is 11.6 Å². The zero-order valence-electron chi connectivity index (χ0n) is 13.7. The van der Waals surface area contributed by atoms with Gasteiger partial charge in [0.2, 0.25) is 0 Å². The van der Waals surface area contributed by atoms with Gasteiger partial charge in [0.25, 0.3) is 5.56 Å². The highest BCUT2D eigenvalue weighted by molar-refractivity contribution is 5.45. The van der Waals surface area contributed by atoms with Crippen molar-refractivity contribution in [3.05, 3.63) is 76.3 Å². The average Bonchev–Trinajstić information content (AvgIpc) is 2.67. The summed E-state index contributed by atoms with van der Waals surface area (Å²) < 4.78 is 13.0. The third-order valence-corrected chi connectivity index (χ3v) is 4.16. The highest BCUT2D eigenvalue weighted by Crippen LogP contribution is 2.18. The molecule has 0 saturated carbocycles. The minimum Gasteiger partial charge on any atom is -0.489 e. The van der Waals surface area contributed by atoms with Crippen molar-refractivity contribution in [2.24, 2.45) is 0 Å². The second-order valence-corrected chi connectivity index (χ2v) is 5.95. The number of aromatic nitrogens is 2. The van der Waals surface area contributed by atoms with Crippen LogP contribution in [0, 0.1) is 0 Å². The van der Waals surface area contributed by atoms with E-state index in [2.05, 4.69) is 10.3 Å². The van der Waals surface area contributed by atoms with Gasteiger partial charge in [0.1, 0.15) is 24.1 Å². The fourth-order valence-corrected chi connectivity index (χ4v) is 2.85. The number of nitrogens with zero attached hydrogens (tertiary/aromatic N) is 2. The summed E-state index contributed by atoms with van der Waals surface area (Å²) in [4.78, 5) is 16.9. The molecule has 4 rings (SSSR count). The van der Waals surface area contributed by atoms with E-state index in [0.29, 0.717) is 36.8 Å². The van der Waals surface area contributed by atoms with E-state index < -0.39 is 0 Å². The monoisotopic (exact) mass is 337 g/mol. The van der Waals surface area contributed by atoms with Gasteiger partial charge in [-0.3, -0.25) is 9.20 Å². The molecule has 1 aliphatic heterocycles. The number of morpholine rings is 1. The van der Waals surface area contributed by atoms with Crippen LogP contribution < -0.4 is 15.6 Å². The highest BCUT2D eigenvalue weighted by Gasteiger charge is 2.18. The standard InChI is InChI=1S/C19H19N3O3/c23-19-11-16(17-12-20-7-9-24-17)21-18-10-15(6-8-22(18)19)25-13-14-4-2-1-3-5-14/h1-6,8,10-11,17,20H,7,9,12-13H2. The summed E-state index contributed by atoms with van der Waals surface area (Å²) in [5, 5.41) is 3.25. The van der Waals surface area contributed by atoms with E-state index in [1.807, 2.05) is 30.3 Å². The molecule has 0 aliphatic carbocycles. The molecule has 128 valence electrons. The Balaban J connectivity index is 1.60. The van der Waals surface area contributed by atoms with Crippen molar-refractivity contribution in [1.82, 2.24) is 14.7 Å². The molecular formula is C19H19N3O3. The van der Waals surface area contributed by atoms with Gasteiger partial charge in [0.15, 0.2) is 0 Å². The molecule has 1 N–H and O–H groups in total. The molecule has 6 nitrogen and oxygen atoms in total. The van der Waals surface area contributed by atoms with Gasteiger partial charge in [0.05, 0.1) is 12.3 Å². The quantitative estimate of drug-likeness (QED) is 0.788. The van der Waals surface area contributed by atoms with Gasteiger partial charge in [-0.15, -0.1) is 0 Å². The lowest BCUT2D eigenvalue weighted by atomic mass is 10.2. The van der Waals surface area contributed by atoms with Crippen LogP contribution in [0.3, 0.4) is 0 Å². The summed E-state index contributed by atoms with van der Waals surface area (Å²) in [6, 6.07) is 15.0. The summed E-state index contributed by atoms with van der Waals surface area (Å²) in [5.41, 5.74) is 2.17. The predicted molar refractivity (Wildman–Crippen MR) is 93.8 cm³/mol. The molecule has 1 atom stereocenters. The lowest BCUT2D eigenvalue weighted by Gasteiger charge is -2.23. The Kier molecular flexibility index (Phi) is 4.45. The van der Waals surface area contributed by atoms with Crippen LogP contribution in [0.25, 0.3) is 5.65 Å². The maximum Gasteiger partial charge on any atom is 0.258 e. The largest absolute Gasteiger partial charge is 0.489 e. The lowest BCUT2D eigenvalue weighted by Crippen LogP contribution is -2.34. The first-order valence-corrected chi connectivity index (χ1v) is 8.32. The van der Waals surface area contributed by atoms with Gasteiger partial charge in [-0.2, -0.15) is 0 Å². The van der Waals surface area contributed by atoms with Gasteiger partial charge in [-0.25, -0.2) is 4.98 Å². The SMILES string of the molecule is O=c1cc(C2CNCCO2)nc2cc(OCc3ccccc3)ccn12. The molecule has 0 amide bonds. The Bertz CT molecular complexity index is 918. The first-order valence-electron chi connectivity index (χ1n) is 8.32. The molecule has 6 heteroatoms. The lowest BCUT2D eigenvalue weighted by molar-refractivity contribution is 0.0250. The summed E-state index contributed by atoms with van der Waals surface area (Å²) in [7, 11) is 0. The highest BCUT2D eigenvalue weighted by atomic mass is 16.5. The first kappa shape index (κ1) is 15.8. The zero-order chi connectivity index (χ0) is 17.1. The van der Waals surface area contributed by atoms with Crippen LogP contribution in [0.4, 0.5) is 0 Å². The number of pyridine rings is 1. The van der Waals surface area contributed by atoms with E-state index in [-0.39, 0.29) is 11.7 Å². The average molecular weight is 337 g/mol. The zero-order valence-corrected chi connectivity index (χ0v) is 13.7. The van der Waals surface area contributed by atoms with E-state index in [0.717, 1.165) is 12.1 Å². The Morgan fingerprint density at radius 2 is 2.12 bits per heavy atom. The second kappa shape index (κ2) is 7.04. The number of rotatable bonds is 4. The molecule has 3 heterocycles. The third-order valence-electron chi connectivity index (χ3n) is 4.16. The van der Waals surface area contributed by atoms with Crippen LogP contribution in [0.5, 0.6) is 5.75 Å². The molecule has 0 bridgehead atoms. The molecular weight excluding hydrogens is 318 g/mol. The van der Waals surface area contributed by atoms with Crippen LogP contribution in [0.15, 0.2) is 59.5 Å². The van der Waals surface area contributed by atoms with Gasteiger partial charge < -0.3 is 14.8 Å². The summed E-state index contributed by atoms with van der Waals surface area (Å²) in [6.45, 7) is 2.57. The van der Waals surface area contributed by atoms with Gasteiger partial charge in [-0.1, -0.05) is 30.3 Å². The molecule has 2 aromatic heterocycles. The molecule has 1 aliphatic rings. The minimum absolute atomic E-state index is 0.121. The van der Waals surface area contributed by atoms with Crippen molar-refractivity contribution in [2.45, 2.75) is 12.7 Å². The number of hydrogen-bond donors (Lipinski definition) is 1. The Morgan fingerprint density at radius 3 is 2.92 bits per heavy atom. The molecule has 1 saturated heterocycles. The molecule has 25 heavy (non-hydrogen) atoms. The predicted octanol–water partition coefficient (Wildman–Crippen LogP) is 1.93. The van der Waals surface area contributed by atoms with Gasteiger partial charge in [0, 0.05) is 31.4 Å². The first-order chi connectivity index (χ1) is 12.3. The van der Waals surface area contributed by atoms with Crippen molar-refractivity contribution < 1.29 is 9.47 Å². The topological polar surface area (TPSA) is 64.9 Å². The van der Waals surface area contributed by atoms with Crippen LogP contribution in [0.1, 0.15) is 17.4 Å². The maximum atomic E-state index is 12.3. The summed E-state index contributed by atoms with van der Waals surface area (Å²) in [6.07, 6.45) is 1.50. The number of benzene rings is 1. The maximum absolute atomic E-state index is 12.3. The molecule has 1 fully saturated rings. The Hall–Kier alpha value is -2.70. The summed E-state index contributed by atoms with van der Waals surface area (Å²) in [5.74, 6) is 0.676. The second-order valence-electron chi connectivity index (χ2n) is 5.95. The fraction of sp³-hybridized carbons (Fsp3) is 0.263. The van der Waals surface area contributed by atoms with Crippen molar-refractivity contribution in [1.29, 1.82) is 0 Å². The van der Waals surface area contributed by atoms with E-state index in [1.165, 1.54) is 10.5 Å². The smallest absolute Gasteiger partial charge is 0.258 e. The fourth-order valence-electron chi connectivity index (χ4n) is 2.85. The van der Waals surface area contributed by atoms with Gasteiger partial charge >= 0.3 is 0 Å². The number of fused-ring (bicyclic) bond motifs is 1. The number of hydrogen-bond acceptors (Lipinski definition) is 5. The van der Waals surface area contributed by atoms with Crippen molar-refractivity contribution in [3.8, 4) is 5.75 Å². The van der Waals surface area contributed by atoms with Crippen molar-refractivity contribution >= 4 is 5.65 Å². The third kappa shape index (κ3) is 3.55. The van der Waals surface area contributed by atoms with E-state index in [1.54, 1.807) is 18.3 Å². The van der Waals surface area contributed by atoms with Crippen LogP contribution in [-0.2, 0) is 11.3 Å². The van der Waals surface area contributed by atoms with Crippen LogP contribution in [0.2, 0.25) is 0 Å². The Labute approximate surface area is 145 Å². The number of ether oxygens (including phenoxy) is 2. The van der Waals surface area contributed by atoms with E-state index in [9.17, 15) is 4.79 Å². The number of nitrogens with one attached hydrogen (secondary N) is 1. The van der Waals surface area contributed by atoms with E-state index in [4.69, 9.17) is 9.47 Å². The van der Waals surface area contributed by atoms with Crippen LogP contribution in [-0.4, -0.2) is 29.1 Å². The van der Waals surface area contributed by atoms with Crippen LogP contribution >= 0.6 is 0 Å². The van der Waals surface area contributed by atoms with E-state index >= 15 is 0 Å². The molecule has 1 unspecified atom stereocenters. The van der Waals surface area contributed by atoms with Crippen molar-refractivity contribution in [2.75, 3.05) is 19.7 Å².